The molecule has 1 aromatic heterocycles. The molecule has 3 aromatic rings. The van der Waals surface area contributed by atoms with Gasteiger partial charge in [-0.2, -0.15) is 0 Å². The third-order valence-corrected chi connectivity index (χ3v) is 6.20. The minimum atomic E-state index is -0.779. The van der Waals surface area contributed by atoms with Crippen LogP contribution in [0.15, 0.2) is 36.7 Å². The van der Waals surface area contributed by atoms with Gasteiger partial charge in [0.05, 0.1) is 31.7 Å². The number of halogens is 2. The van der Waals surface area contributed by atoms with E-state index in [1.165, 1.54) is 31.1 Å². The maximum absolute atomic E-state index is 14.7. The SMILES string of the molecule is CCc1cc(OC)c(F)c(COc2cnc(Nc3ccc4c(c3)=C(C)CCN(CCO)C=4)nc2)c1F. The van der Waals surface area contributed by atoms with Crippen LogP contribution in [0.3, 0.4) is 0 Å². The summed E-state index contributed by atoms with van der Waals surface area (Å²) >= 11 is 0. The lowest BCUT2D eigenvalue weighted by Crippen LogP contribution is -2.29. The molecule has 7 nitrogen and oxygen atoms in total. The normalized spacial score (nSPS) is 13.1. The van der Waals surface area contributed by atoms with E-state index in [9.17, 15) is 13.9 Å². The Hall–Kier alpha value is -3.72. The number of ether oxygens (including phenoxy) is 2. The van der Waals surface area contributed by atoms with E-state index in [-0.39, 0.29) is 30.3 Å². The minimum Gasteiger partial charge on any atom is -0.494 e. The number of hydrogen-bond donors (Lipinski definition) is 2. The summed E-state index contributed by atoms with van der Waals surface area (Å²) in [7, 11) is 1.34. The average Bonchev–Trinajstić information content (AvgIpc) is 3.04. The lowest BCUT2D eigenvalue weighted by molar-refractivity contribution is 0.249. The highest BCUT2D eigenvalue weighted by molar-refractivity contribution is 5.57. The molecule has 0 radical (unpaired) electrons. The first-order valence-electron chi connectivity index (χ1n) is 11.9. The van der Waals surface area contributed by atoms with Gasteiger partial charge in [-0.1, -0.05) is 18.6 Å². The number of benzene rings is 2. The Morgan fingerprint density at radius 3 is 2.61 bits per heavy atom. The molecule has 0 unspecified atom stereocenters. The van der Waals surface area contributed by atoms with Gasteiger partial charge in [0.15, 0.2) is 17.3 Å². The number of methoxy groups -OCH3 is 1. The van der Waals surface area contributed by atoms with Gasteiger partial charge in [0.25, 0.3) is 0 Å². The minimum absolute atomic E-state index is 0.0189. The Labute approximate surface area is 208 Å². The summed E-state index contributed by atoms with van der Waals surface area (Å²) in [5.41, 5.74) is 2.26. The van der Waals surface area contributed by atoms with Gasteiger partial charge in [0.2, 0.25) is 5.95 Å². The summed E-state index contributed by atoms with van der Waals surface area (Å²) < 4.78 is 39.8. The molecule has 1 aliphatic rings. The summed E-state index contributed by atoms with van der Waals surface area (Å²) in [6.07, 6.45) is 6.29. The second-order valence-corrected chi connectivity index (χ2v) is 8.58. The molecule has 0 atom stereocenters. The van der Waals surface area contributed by atoms with E-state index in [1.807, 2.05) is 12.1 Å². The third-order valence-electron chi connectivity index (χ3n) is 6.20. The Morgan fingerprint density at radius 2 is 1.92 bits per heavy atom. The van der Waals surface area contributed by atoms with Crippen molar-refractivity contribution in [3.63, 3.8) is 0 Å². The number of aryl methyl sites for hydroxylation is 1. The summed E-state index contributed by atoms with van der Waals surface area (Å²) in [6.45, 7) is 5.16. The number of nitrogens with zero attached hydrogens (tertiary/aromatic N) is 3. The summed E-state index contributed by atoms with van der Waals surface area (Å²) in [6, 6.07) is 7.38. The second-order valence-electron chi connectivity index (χ2n) is 8.58. The predicted octanol–water partition coefficient (Wildman–Crippen LogP) is 3.26. The lowest BCUT2D eigenvalue weighted by atomic mass is 10.1. The number of aliphatic hydroxyl groups is 1. The number of nitrogens with one attached hydrogen (secondary N) is 1. The Morgan fingerprint density at radius 1 is 1.14 bits per heavy atom. The van der Waals surface area contributed by atoms with E-state index >= 15 is 0 Å². The van der Waals surface area contributed by atoms with E-state index in [0.29, 0.717) is 24.5 Å². The van der Waals surface area contributed by atoms with E-state index < -0.39 is 11.6 Å². The third kappa shape index (κ3) is 5.57. The molecular weight excluding hydrogens is 466 g/mol. The van der Waals surface area contributed by atoms with Gasteiger partial charge in [0.1, 0.15) is 12.4 Å². The zero-order valence-electron chi connectivity index (χ0n) is 20.6. The molecule has 0 spiro atoms. The van der Waals surface area contributed by atoms with Crippen molar-refractivity contribution < 1.29 is 23.4 Å². The molecule has 4 rings (SSSR count). The molecule has 0 aliphatic carbocycles. The van der Waals surface area contributed by atoms with Crippen LogP contribution in [0, 0.1) is 11.6 Å². The fourth-order valence-corrected chi connectivity index (χ4v) is 4.12. The maximum Gasteiger partial charge on any atom is 0.227 e. The van der Waals surface area contributed by atoms with Gasteiger partial charge < -0.3 is 24.8 Å². The van der Waals surface area contributed by atoms with Crippen LogP contribution in [0.5, 0.6) is 11.5 Å². The molecule has 9 heteroatoms. The highest BCUT2D eigenvalue weighted by atomic mass is 19.1. The zero-order valence-corrected chi connectivity index (χ0v) is 20.6. The van der Waals surface area contributed by atoms with E-state index in [0.717, 1.165) is 29.1 Å². The molecule has 36 heavy (non-hydrogen) atoms. The summed E-state index contributed by atoms with van der Waals surface area (Å²) in [4.78, 5) is 10.7. The van der Waals surface area contributed by atoms with Crippen LogP contribution in [0.25, 0.3) is 11.8 Å². The molecule has 2 aromatic carbocycles. The Kier molecular flexibility index (Phi) is 8.00. The summed E-state index contributed by atoms with van der Waals surface area (Å²) in [5, 5.41) is 14.7. The van der Waals surface area contributed by atoms with Crippen molar-refractivity contribution in [3.05, 3.63) is 69.9 Å². The van der Waals surface area contributed by atoms with Gasteiger partial charge in [-0.25, -0.2) is 18.7 Å². The number of aliphatic hydroxyl groups excluding tert-OH is 1. The van der Waals surface area contributed by atoms with Gasteiger partial charge in [0, 0.05) is 25.0 Å². The highest BCUT2D eigenvalue weighted by Gasteiger charge is 2.19. The van der Waals surface area contributed by atoms with Gasteiger partial charge in [-0.05, 0) is 54.0 Å². The number of hydrogen-bond acceptors (Lipinski definition) is 7. The Bertz CT molecular complexity index is 1320. The summed E-state index contributed by atoms with van der Waals surface area (Å²) in [5.74, 6) is -0.786. The van der Waals surface area contributed by atoms with Crippen LogP contribution < -0.4 is 25.2 Å². The fourth-order valence-electron chi connectivity index (χ4n) is 4.12. The van der Waals surface area contributed by atoms with Gasteiger partial charge >= 0.3 is 0 Å². The largest absolute Gasteiger partial charge is 0.494 e. The van der Waals surface area contributed by atoms with Crippen molar-refractivity contribution in [1.29, 1.82) is 0 Å². The molecule has 0 bridgehead atoms. The van der Waals surface area contributed by atoms with Crippen LogP contribution in [0.1, 0.15) is 31.4 Å². The number of β-amino-alcohol motifs (C(OH)–C–C–N with tert-alkyl or cyclic N) is 1. The van der Waals surface area contributed by atoms with Crippen LogP contribution in [0.2, 0.25) is 0 Å². The predicted molar refractivity (Wildman–Crippen MR) is 134 cm³/mol. The monoisotopic (exact) mass is 496 g/mol. The van der Waals surface area contributed by atoms with E-state index in [4.69, 9.17) is 9.47 Å². The van der Waals surface area contributed by atoms with E-state index in [1.54, 1.807) is 6.92 Å². The van der Waals surface area contributed by atoms with Gasteiger partial charge in [-0.3, -0.25) is 0 Å². The van der Waals surface area contributed by atoms with Crippen LogP contribution in [0.4, 0.5) is 20.4 Å². The standard InChI is InChI=1S/C27H30F2N4O3/c1-4-18-11-24(35-3)26(29)23(25(18)28)16-36-21-13-30-27(31-14-21)32-20-6-5-19-15-33(9-10-34)8-7-17(2)22(19)12-20/h5-6,11-15,34H,4,7-10,16H2,1-3H3,(H,30,31,32). The first-order chi connectivity index (χ1) is 17.4. The quantitative estimate of drug-likeness (QED) is 0.471. The molecule has 0 saturated carbocycles. The first kappa shape index (κ1) is 25.4. The number of anilines is 2. The van der Waals surface area contributed by atoms with Crippen molar-refractivity contribution in [2.24, 2.45) is 0 Å². The molecule has 190 valence electrons. The molecule has 0 amide bonds. The smallest absolute Gasteiger partial charge is 0.227 e. The van der Waals surface area contributed by atoms with Gasteiger partial charge in [-0.15, -0.1) is 0 Å². The topological polar surface area (TPSA) is 79.7 Å². The number of aromatic nitrogens is 2. The van der Waals surface area contributed by atoms with Crippen LogP contribution >= 0.6 is 0 Å². The fraction of sp³-hybridized carbons (Fsp3) is 0.333. The van der Waals surface area contributed by atoms with Crippen LogP contribution in [-0.2, 0) is 13.0 Å². The molecule has 2 N–H and O–H groups in total. The zero-order chi connectivity index (χ0) is 25.7. The van der Waals surface area contributed by atoms with Crippen molar-refractivity contribution in [2.75, 3.05) is 32.1 Å². The lowest BCUT2D eigenvalue weighted by Gasteiger charge is -2.17. The van der Waals surface area contributed by atoms with Crippen molar-refractivity contribution in [1.82, 2.24) is 14.9 Å². The molecule has 0 fully saturated rings. The highest BCUT2D eigenvalue weighted by Crippen LogP contribution is 2.28. The first-order valence-corrected chi connectivity index (χ1v) is 11.9. The number of rotatable bonds is 9. The maximum atomic E-state index is 14.7. The van der Waals surface area contributed by atoms with Crippen molar-refractivity contribution in [2.45, 2.75) is 33.3 Å². The molecule has 0 saturated heterocycles. The molecule has 1 aliphatic heterocycles. The molecule has 2 heterocycles. The Balaban J connectivity index is 1.48. The van der Waals surface area contributed by atoms with E-state index in [2.05, 4.69) is 39.4 Å². The van der Waals surface area contributed by atoms with Crippen molar-refractivity contribution in [3.8, 4) is 11.5 Å². The van der Waals surface area contributed by atoms with Crippen molar-refractivity contribution >= 4 is 23.4 Å². The van der Waals surface area contributed by atoms with Crippen LogP contribution in [-0.4, -0.2) is 46.8 Å². The average molecular weight is 497 g/mol. The molecular formula is C27H30F2N4O3. The second kappa shape index (κ2) is 11.3. The number of fused-ring (bicyclic) bond motifs is 1.